The minimum absolute atomic E-state index is 0.148. The molecule has 0 saturated heterocycles. The first-order valence-corrected chi connectivity index (χ1v) is 10.4. The quantitative estimate of drug-likeness (QED) is 0.521. The van der Waals surface area contributed by atoms with Gasteiger partial charge in [0.15, 0.2) is 11.5 Å². The second-order valence-electron chi connectivity index (χ2n) is 7.64. The van der Waals surface area contributed by atoms with Crippen molar-refractivity contribution in [2.24, 2.45) is 0 Å². The topological polar surface area (TPSA) is 82.5 Å². The van der Waals surface area contributed by atoms with Crippen LogP contribution in [-0.4, -0.2) is 22.3 Å². The molecule has 1 aliphatic rings. The number of carbonyl (C=O) groups excluding carboxylic acids is 1. The predicted molar refractivity (Wildman–Crippen MR) is 122 cm³/mol. The lowest BCUT2D eigenvalue weighted by Gasteiger charge is -2.14. The van der Waals surface area contributed by atoms with Crippen molar-refractivity contribution in [1.82, 2.24) is 9.55 Å². The van der Waals surface area contributed by atoms with Crippen molar-refractivity contribution in [2.75, 3.05) is 12.1 Å². The van der Waals surface area contributed by atoms with E-state index in [1.165, 1.54) is 0 Å². The minimum Gasteiger partial charge on any atom is -0.454 e. The molecule has 160 valence electrons. The monoisotopic (exact) mass is 427 g/mol. The molecule has 0 fully saturated rings. The van der Waals surface area contributed by atoms with Crippen molar-refractivity contribution in [3.8, 4) is 17.2 Å². The van der Waals surface area contributed by atoms with Crippen LogP contribution < -0.4 is 20.3 Å². The highest BCUT2D eigenvalue weighted by Gasteiger charge is 2.16. The fourth-order valence-electron chi connectivity index (χ4n) is 3.73. The van der Waals surface area contributed by atoms with Crippen LogP contribution in [0.2, 0.25) is 0 Å². The van der Waals surface area contributed by atoms with Gasteiger partial charge in [0, 0.05) is 24.6 Å². The normalized spacial score (nSPS) is 12.2. The predicted octanol–water partition coefficient (Wildman–Crippen LogP) is 3.99. The number of aromatic nitrogens is 2. The zero-order valence-corrected chi connectivity index (χ0v) is 17.5. The van der Waals surface area contributed by atoms with Gasteiger partial charge in [-0.2, -0.15) is 0 Å². The third-order valence-electron chi connectivity index (χ3n) is 5.37. The van der Waals surface area contributed by atoms with Gasteiger partial charge in [0.25, 0.3) is 5.56 Å². The third kappa shape index (κ3) is 3.80. The molecule has 0 bridgehead atoms. The maximum Gasteiger partial charge on any atom is 0.265 e. The van der Waals surface area contributed by atoms with E-state index in [0.717, 1.165) is 11.3 Å². The van der Waals surface area contributed by atoms with Crippen LogP contribution in [0.1, 0.15) is 17.8 Å². The van der Waals surface area contributed by atoms with Crippen LogP contribution in [0.5, 0.6) is 11.5 Å². The average Bonchev–Trinajstić information content (AvgIpc) is 3.27. The molecule has 1 N–H and O–H groups in total. The summed E-state index contributed by atoms with van der Waals surface area (Å²) in [5.74, 6) is 1.62. The lowest BCUT2D eigenvalue weighted by Crippen LogP contribution is -2.25. The molecule has 7 heteroatoms. The number of benzene rings is 3. The molecular formula is C25H21N3O4. The van der Waals surface area contributed by atoms with E-state index in [2.05, 4.69) is 5.32 Å². The van der Waals surface area contributed by atoms with Gasteiger partial charge >= 0.3 is 0 Å². The van der Waals surface area contributed by atoms with E-state index in [1.807, 2.05) is 49.4 Å². The van der Waals surface area contributed by atoms with E-state index in [0.29, 0.717) is 40.3 Å². The Morgan fingerprint density at radius 3 is 2.66 bits per heavy atom. The Labute approximate surface area is 184 Å². The number of nitrogens with one attached hydrogen (secondary N) is 1. The Morgan fingerprint density at radius 1 is 1.03 bits per heavy atom. The van der Waals surface area contributed by atoms with Gasteiger partial charge in [-0.05, 0) is 43.3 Å². The summed E-state index contributed by atoms with van der Waals surface area (Å²) in [4.78, 5) is 30.6. The third-order valence-corrected chi connectivity index (χ3v) is 5.37. The van der Waals surface area contributed by atoms with Gasteiger partial charge in [0.2, 0.25) is 12.7 Å². The van der Waals surface area contributed by atoms with Crippen molar-refractivity contribution in [2.45, 2.75) is 19.8 Å². The van der Waals surface area contributed by atoms with Crippen LogP contribution >= 0.6 is 0 Å². The summed E-state index contributed by atoms with van der Waals surface area (Å²) in [5.41, 5.74) is 2.92. The van der Waals surface area contributed by atoms with Crippen molar-refractivity contribution in [3.63, 3.8) is 0 Å². The molecule has 2 heterocycles. The molecule has 32 heavy (non-hydrogen) atoms. The Bertz CT molecular complexity index is 1380. The maximum absolute atomic E-state index is 13.3. The molecule has 0 saturated carbocycles. The number of anilines is 1. The molecule has 0 aliphatic carbocycles. The van der Waals surface area contributed by atoms with Gasteiger partial charge in [0.05, 0.1) is 16.6 Å². The van der Waals surface area contributed by atoms with E-state index in [-0.39, 0.29) is 24.7 Å². The number of ether oxygens (including phenoxy) is 2. The molecule has 0 radical (unpaired) electrons. The summed E-state index contributed by atoms with van der Waals surface area (Å²) in [6.07, 6.45) is 0.482. The second kappa shape index (κ2) is 8.19. The van der Waals surface area contributed by atoms with Gasteiger partial charge in [-0.25, -0.2) is 4.98 Å². The number of aryl methyl sites for hydroxylation is 2. The maximum atomic E-state index is 13.3. The standard InChI is InChI=1S/C25H21N3O4/c1-16-6-9-18(10-7-16)28-23(27-20-5-3-2-4-19(20)25(28)30)12-13-24(29)26-17-8-11-21-22(14-17)32-15-31-21/h2-11,14H,12-13,15H2,1H3,(H,26,29). The minimum atomic E-state index is -0.179. The van der Waals surface area contributed by atoms with Crippen LogP contribution in [0.3, 0.4) is 0 Å². The number of amides is 1. The lowest BCUT2D eigenvalue weighted by atomic mass is 10.2. The summed E-state index contributed by atoms with van der Waals surface area (Å²) >= 11 is 0. The molecule has 7 nitrogen and oxygen atoms in total. The largest absolute Gasteiger partial charge is 0.454 e. The fourth-order valence-corrected chi connectivity index (χ4v) is 3.73. The summed E-state index contributed by atoms with van der Waals surface area (Å²) < 4.78 is 12.2. The molecule has 1 amide bonds. The molecule has 0 atom stereocenters. The van der Waals surface area contributed by atoms with Crippen molar-refractivity contribution in [3.05, 3.63) is 88.5 Å². The van der Waals surface area contributed by atoms with Crippen LogP contribution in [0.25, 0.3) is 16.6 Å². The van der Waals surface area contributed by atoms with E-state index in [9.17, 15) is 9.59 Å². The van der Waals surface area contributed by atoms with Crippen LogP contribution in [0.4, 0.5) is 5.69 Å². The van der Waals surface area contributed by atoms with Gasteiger partial charge in [-0.3, -0.25) is 14.2 Å². The highest BCUT2D eigenvalue weighted by atomic mass is 16.7. The number of hydrogen-bond acceptors (Lipinski definition) is 5. The smallest absolute Gasteiger partial charge is 0.265 e. The second-order valence-corrected chi connectivity index (χ2v) is 7.64. The van der Waals surface area contributed by atoms with Crippen molar-refractivity contribution < 1.29 is 14.3 Å². The Balaban J connectivity index is 1.43. The van der Waals surface area contributed by atoms with Crippen LogP contribution in [0, 0.1) is 6.92 Å². The van der Waals surface area contributed by atoms with Crippen LogP contribution in [0.15, 0.2) is 71.5 Å². The Kier molecular flexibility index (Phi) is 5.07. The van der Waals surface area contributed by atoms with Gasteiger partial charge in [-0.1, -0.05) is 29.8 Å². The first-order chi connectivity index (χ1) is 15.6. The number of nitrogens with zero attached hydrogens (tertiary/aromatic N) is 2. The number of fused-ring (bicyclic) bond motifs is 2. The molecule has 1 aromatic heterocycles. The average molecular weight is 427 g/mol. The van der Waals surface area contributed by atoms with E-state index in [1.54, 1.807) is 28.8 Å². The molecule has 0 spiro atoms. The number of rotatable bonds is 5. The molecule has 5 rings (SSSR count). The number of hydrogen-bond donors (Lipinski definition) is 1. The van der Waals surface area contributed by atoms with Gasteiger partial charge in [-0.15, -0.1) is 0 Å². The Hall–Kier alpha value is -4.13. The zero-order chi connectivity index (χ0) is 22.1. The molecule has 0 unspecified atom stereocenters. The molecule has 3 aromatic carbocycles. The Morgan fingerprint density at radius 2 is 1.81 bits per heavy atom. The SMILES string of the molecule is Cc1ccc(-n2c(CCC(=O)Nc3ccc4c(c3)OCO4)nc3ccccc3c2=O)cc1. The zero-order valence-electron chi connectivity index (χ0n) is 17.5. The lowest BCUT2D eigenvalue weighted by molar-refractivity contribution is -0.116. The first-order valence-electron chi connectivity index (χ1n) is 10.4. The van der Waals surface area contributed by atoms with Gasteiger partial charge in [0.1, 0.15) is 5.82 Å². The highest BCUT2D eigenvalue weighted by Crippen LogP contribution is 2.34. The molecule has 4 aromatic rings. The summed E-state index contributed by atoms with van der Waals surface area (Å²) in [6, 6.07) is 20.2. The van der Waals surface area contributed by atoms with Crippen molar-refractivity contribution in [1.29, 1.82) is 0 Å². The number of para-hydroxylation sites is 1. The van der Waals surface area contributed by atoms with E-state index < -0.39 is 0 Å². The molecule has 1 aliphatic heterocycles. The highest BCUT2D eigenvalue weighted by molar-refractivity contribution is 5.91. The summed E-state index contributed by atoms with van der Waals surface area (Å²) in [5, 5.41) is 3.41. The fraction of sp³-hybridized carbons (Fsp3) is 0.160. The van der Waals surface area contributed by atoms with E-state index >= 15 is 0 Å². The summed E-state index contributed by atoms with van der Waals surface area (Å²) in [6.45, 7) is 2.17. The van der Waals surface area contributed by atoms with Crippen molar-refractivity contribution >= 4 is 22.5 Å². The van der Waals surface area contributed by atoms with E-state index in [4.69, 9.17) is 14.5 Å². The number of carbonyl (C=O) groups is 1. The van der Waals surface area contributed by atoms with Crippen LogP contribution in [-0.2, 0) is 11.2 Å². The molecular weight excluding hydrogens is 406 g/mol. The first kappa shape index (κ1) is 19.8. The summed E-state index contributed by atoms with van der Waals surface area (Å²) in [7, 11) is 0. The van der Waals surface area contributed by atoms with Gasteiger partial charge < -0.3 is 14.8 Å².